The highest BCUT2D eigenvalue weighted by Crippen LogP contribution is 2.26. The topological polar surface area (TPSA) is 69.3 Å². The van der Waals surface area contributed by atoms with E-state index in [9.17, 15) is 4.79 Å². The van der Waals surface area contributed by atoms with E-state index in [1.807, 2.05) is 56.3 Å². The van der Waals surface area contributed by atoms with Crippen LogP contribution in [0.3, 0.4) is 0 Å². The Labute approximate surface area is 218 Å². The molecule has 0 aliphatic rings. The molecule has 5 rings (SSSR count). The lowest BCUT2D eigenvalue weighted by Crippen LogP contribution is -2.12. The Kier molecular flexibility index (Phi) is 6.72. The molecule has 2 aromatic heterocycles. The number of benzene rings is 3. The van der Waals surface area contributed by atoms with Gasteiger partial charge in [-0.15, -0.1) is 0 Å². The van der Waals surface area contributed by atoms with Gasteiger partial charge in [0.15, 0.2) is 5.76 Å². The fourth-order valence-corrected chi connectivity index (χ4v) is 4.48. The molecule has 0 fully saturated rings. The quantitative estimate of drug-likeness (QED) is 0.242. The first-order valence-corrected chi connectivity index (χ1v) is 12.1. The Morgan fingerprint density at radius 2 is 1.81 bits per heavy atom. The molecule has 36 heavy (non-hydrogen) atoms. The Morgan fingerprint density at radius 1 is 1.00 bits per heavy atom. The number of nitrogens with one attached hydrogen (secondary N) is 1. The van der Waals surface area contributed by atoms with Crippen molar-refractivity contribution in [2.24, 2.45) is 0 Å². The SMILES string of the molecule is Cc1nn(Cc2ccc(Cl)cc2Cl)c(C)c1NC(=O)c1ccc(COc2ccc3ccccc3c2)o1. The van der Waals surface area contributed by atoms with Crippen LogP contribution in [0.4, 0.5) is 5.69 Å². The minimum Gasteiger partial charge on any atom is -0.486 e. The lowest BCUT2D eigenvalue weighted by molar-refractivity contribution is 0.0992. The third-order valence-corrected chi connectivity index (χ3v) is 6.53. The number of ether oxygens (including phenoxy) is 1. The van der Waals surface area contributed by atoms with Gasteiger partial charge in [0, 0.05) is 10.0 Å². The summed E-state index contributed by atoms with van der Waals surface area (Å²) in [6.45, 7) is 4.40. The molecule has 0 aliphatic carbocycles. The second-order valence-corrected chi connectivity index (χ2v) is 9.30. The van der Waals surface area contributed by atoms with Crippen LogP contribution in [-0.2, 0) is 13.2 Å². The van der Waals surface area contributed by atoms with Crippen LogP contribution in [-0.4, -0.2) is 15.7 Å². The maximum Gasteiger partial charge on any atom is 0.291 e. The van der Waals surface area contributed by atoms with Gasteiger partial charge in [-0.1, -0.05) is 59.6 Å². The molecule has 0 radical (unpaired) electrons. The van der Waals surface area contributed by atoms with Gasteiger partial charge in [0.1, 0.15) is 18.1 Å². The normalized spacial score (nSPS) is 11.1. The van der Waals surface area contributed by atoms with E-state index < -0.39 is 0 Å². The number of nitrogens with zero attached hydrogens (tertiary/aromatic N) is 2. The molecule has 0 saturated heterocycles. The molecule has 182 valence electrons. The first-order valence-electron chi connectivity index (χ1n) is 11.4. The molecular formula is C28H23Cl2N3O3. The van der Waals surface area contributed by atoms with Crippen molar-refractivity contribution in [3.8, 4) is 5.75 Å². The second-order valence-electron chi connectivity index (χ2n) is 8.46. The van der Waals surface area contributed by atoms with Crippen molar-refractivity contribution in [2.75, 3.05) is 5.32 Å². The summed E-state index contributed by atoms with van der Waals surface area (Å²) in [5, 5.41) is 10.9. The summed E-state index contributed by atoms with van der Waals surface area (Å²) in [5.41, 5.74) is 3.01. The molecule has 0 saturated carbocycles. The van der Waals surface area contributed by atoms with Crippen LogP contribution < -0.4 is 10.1 Å². The summed E-state index contributed by atoms with van der Waals surface area (Å²) >= 11 is 12.3. The van der Waals surface area contributed by atoms with Gasteiger partial charge >= 0.3 is 0 Å². The van der Waals surface area contributed by atoms with E-state index in [1.54, 1.807) is 28.9 Å². The van der Waals surface area contributed by atoms with Gasteiger partial charge in [0.2, 0.25) is 0 Å². The lowest BCUT2D eigenvalue weighted by atomic mass is 10.1. The van der Waals surface area contributed by atoms with Crippen molar-refractivity contribution in [2.45, 2.75) is 27.0 Å². The first kappa shape index (κ1) is 24.0. The third kappa shape index (κ3) is 5.10. The summed E-state index contributed by atoms with van der Waals surface area (Å²) in [6.07, 6.45) is 0. The molecule has 6 nitrogen and oxygen atoms in total. The van der Waals surface area contributed by atoms with Crippen LogP contribution in [0.1, 0.15) is 33.3 Å². The molecule has 2 heterocycles. The number of hydrogen-bond donors (Lipinski definition) is 1. The van der Waals surface area contributed by atoms with Crippen LogP contribution in [0.5, 0.6) is 5.75 Å². The zero-order valence-electron chi connectivity index (χ0n) is 19.7. The van der Waals surface area contributed by atoms with Gasteiger partial charge in [-0.25, -0.2) is 0 Å². The maximum atomic E-state index is 12.9. The number of furan rings is 1. The monoisotopic (exact) mass is 519 g/mol. The van der Waals surface area contributed by atoms with Crippen LogP contribution in [0, 0.1) is 13.8 Å². The van der Waals surface area contributed by atoms with Crippen LogP contribution in [0.15, 0.2) is 77.2 Å². The number of aromatic nitrogens is 2. The molecule has 8 heteroatoms. The molecule has 0 aliphatic heterocycles. The number of amides is 1. The average molecular weight is 520 g/mol. The molecular weight excluding hydrogens is 497 g/mol. The van der Waals surface area contributed by atoms with Crippen molar-refractivity contribution >= 4 is 45.6 Å². The lowest BCUT2D eigenvalue weighted by Gasteiger charge is -2.08. The standard InChI is InChI=1S/C28H23Cl2N3O3/c1-17-27(18(2)33(32-17)15-21-7-9-22(29)14-25(21)30)31-28(34)26-12-11-24(36-26)16-35-23-10-8-19-5-3-4-6-20(19)13-23/h3-14H,15-16H2,1-2H3,(H,31,34). The fourth-order valence-electron chi connectivity index (χ4n) is 4.01. The number of carbonyl (C=O) groups is 1. The molecule has 0 bridgehead atoms. The van der Waals surface area contributed by atoms with Crippen molar-refractivity contribution < 1.29 is 13.9 Å². The second kappa shape index (κ2) is 10.1. The fraction of sp³-hybridized carbons (Fsp3) is 0.143. The number of rotatable bonds is 7. The average Bonchev–Trinajstić information content (AvgIpc) is 3.45. The van der Waals surface area contributed by atoms with Crippen LogP contribution in [0.25, 0.3) is 10.8 Å². The van der Waals surface area contributed by atoms with Gasteiger partial charge < -0.3 is 14.5 Å². The predicted octanol–water partition coefficient (Wildman–Crippen LogP) is 7.43. The van der Waals surface area contributed by atoms with Gasteiger partial charge in [0.05, 0.1) is 23.6 Å². The number of anilines is 1. The van der Waals surface area contributed by atoms with Crippen molar-refractivity contribution in [1.82, 2.24) is 9.78 Å². The Morgan fingerprint density at radius 3 is 2.61 bits per heavy atom. The predicted molar refractivity (Wildman–Crippen MR) is 142 cm³/mol. The third-order valence-electron chi connectivity index (χ3n) is 5.94. The highest BCUT2D eigenvalue weighted by molar-refractivity contribution is 6.35. The minimum absolute atomic E-state index is 0.194. The molecule has 3 aromatic carbocycles. The Bertz CT molecular complexity index is 1570. The zero-order chi connectivity index (χ0) is 25.2. The summed E-state index contributed by atoms with van der Waals surface area (Å²) in [4.78, 5) is 12.9. The number of halogens is 2. The smallest absolute Gasteiger partial charge is 0.291 e. The Hall–Kier alpha value is -3.74. The van der Waals surface area contributed by atoms with Crippen molar-refractivity contribution in [3.63, 3.8) is 0 Å². The Balaban J connectivity index is 1.25. The highest BCUT2D eigenvalue weighted by atomic mass is 35.5. The summed E-state index contributed by atoms with van der Waals surface area (Å²) in [5.74, 6) is 1.12. The molecule has 1 N–H and O–H groups in total. The maximum absolute atomic E-state index is 12.9. The number of carbonyl (C=O) groups excluding carboxylic acids is 1. The minimum atomic E-state index is -0.359. The highest BCUT2D eigenvalue weighted by Gasteiger charge is 2.18. The van der Waals surface area contributed by atoms with Gasteiger partial charge in [-0.3, -0.25) is 9.48 Å². The number of aryl methyl sites for hydroxylation is 1. The largest absolute Gasteiger partial charge is 0.486 e. The number of hydrogen-bond acceptors (Lipinski definition) is 4. The van der Waals surface area contributed by atoms with Gasteiger partial charge in [0.25, 0.3) is 5.91 Å². The van der Waals surface area contributed by atoms with Gasteiger partial charge in [-0.2, -0.15) is 5.10 Å². The summed E-state index contributed by atoms with van der Waals surface area (Å²) in [7, 11) is 0. The van der Waals surface area contributed by atoms with E-state index in [-0.39, 0.29) is 18.3 Å². The number of fused-ring (bicyclic) bond motifs is 1. The molecule has 0 unspecified atom stereocenters. The van der Waals surface area contributed by atoms with Gasteiger partial charge in [-0.05, 0) is 66.6 Å². The summed E-state index contributed by atoms with van der Waals surface area (Å²) < 4.78 is 13.4. The van der Waals surface area contributed by atoms with Crippen molar-refractivity contribution in [1.29, 1.82) is 0 Å². The molecule has 1 amide bonds. The van der Waals surface area contributed by atoms with E-state index in [2.05, 4.69) is 16.5 Å². The van der Waals surface area contributed by atoms with E-state index in [0.29, 0.717) is 33.7 Å². The molecule has 5 aromatic rings. The van der Waals surface area contributed by atoms with E-state index in [1.165, 1.54) is 0 Å². The zero-order valence-corrected chi connectivity index (χ0v) is 21.2. The van der Waals surface area contributed by atoms with E-state index in [4.69, 9.17) is 32.4 Å². The first-order chi connectivity index (χ1) is 17.4. The van der Waals surface area contributed by atoms with Crippen LogP contribution in [0.2, 0.25) is 10.0 Å². The van der Waals surface area contributed by atoms with Crippen LogP contribution >= 0.6 is 23.2 Å². The van der Waals surface area contributed by atoms with E-state index in [0.717, 1.165) is 27.8 Å². The van der Waals surface area contributed by atoms with E-state index >= 15 is 0 Å². The van der Waals surface area contributed by atoms with Crippen molar-refractivity contribution in [3.05, 3.63) is 111 Å². The summed E-state index contributed by atoms with van der Waals surface area (Å²) in [6, 6.07) is 22.7. The molecule has 0 atom stereocenters. The molecule has 0 spiro atoms.